The van der Waals surface area contributed by atoms with E-state index in [0.29, 0.717) is 24.5 Å². The van der Waals surface area contributed by atoms with Gasteiger partial charge in [-0.15, -0.1) is 0 Å². The molecule has 1 aromatic rings. The largest absolute Gasteiger partial charge is 0.454 e. The Morgan fingerprint density at radius 2 is 1.74 bits per heavy atom. The Bertz CT molecular complexity index is 886. The second-order valence-corrected chi connectivity index (χ2v) is 16.3. The first-order valence-electron chi connectivity index (χ1n) is 11.6. The summed E-state index contributed by atoms with van der Waals surface area (Å²) in [4.78, 5) is 0. The normalized spacial score (nSPS) is 35.8. The van der Waals surface area contributed by atoms with Gasteiger partial charge in [-0.05, 0) is 67.9 Å². The van der Waals surface area contributed by atoms with Crippen molar-refractivity contribution in [1.82, 2.24) is 0 Å². The van der Waals surface area contributed by atoms with E-state index in [1.165, 1.54) is 6.42 Å². The Kier molecular flexibility index (Phi) is 4.91. The number of benzene rings is 1. The lowest BCUT2D eigenvalue weighted by Gasteiger charge is -2.45. The summed E-state index contributed by atoms with van der Waals surface area (Å²) in [6.45, 7) is 15.9. The molecule has 4 aliphatic rings. The van der Waals surface area contributed by atoms with Crippen LogP contribution in [0.5, 0.6) is 11.5 Å². The minimum Gasteiger partial charge on any atom is -0.454 e. The second-order valence-electron chi connectivity index (χ2n) is 11.5. The Hall–Kier alpha value is -1.34. The van der Waals surface area contributed by atoms with Crippen LogP contribution in [-0.2, 0) is 13.9 Å². The van der Waals surface area contributed by atoms with Crippen LogP contribution in [0.3, 0.4) is 0 Å². The zero-order chi connectivity index (χ0) is 22.2. The van der Waals surface area contributed by atoms with Gasteiger partial charge in [-0.2, -0.15) is 0 Å². The van der Waals surface area contributed by atoms with E-state index in [1.807, 2.05) is 19.9 Å². The number of ether oxygens (including phenoxy) is 4. The molecule has 0 aromatic heterocycles. The lowest BCUT2D eigenvalue weighted by atomic mass is 9.82. The second kappa shape index (κ2) is 7.08. The molecule has 0 N–H and O–H groups in total. The first-order chi connectivity index (χ1) is 14.5. The molecular weight excluding hydrogens is 408 g/mol. The molecule has 2 heterocycles. The van der Waals surface area contributed by atoms with Gasteiger partial charge < -0.3 is 23.4 Å². The van der Waals surface area contributed by atoms with E-state index in [-0.39, 0.29) is 23.4 Å². The maximum absolute atomic E-state index is 7.06. The third kappa shape index (κ3) is 3.86. The number of hydrogen-bond donors (Lipinski definition) is 0. The highest BCUT2D eigenvalue weighted by atomic mass is 28.4. The van der Waals surface area contributed by atoms with Gasteiger partial charge in [0.05, 0.1) is 12.2 Å². The van der Waals surface area contributed by atoms with Gasteiger partial charge in [0, 0.05) is 5.92 Å². The highest BCUT2D eigenvalue weighted by Gasteiger charge is 2.64. The Morgan fingerprint density at radius 3 is 2.48 bits per heavy atom. The predicted molar refractivity (Wildman–Crippen MR) is 123 cm³/mol. The highest BCUT2D eigenvalue weighted by molar-refractivity contribution is 6.74. The zero-order valence-electron chi connectivity index (χ0n) is 19.8. The SMILES string of the molecule is CC1(C)O[C@@H]2[C@@H](O[Si](C)(C)C(C)(C)C)[C@H](/C=C\c3ccc4c(c3)OCO4)[C@H]3C[C@H]3[C@@H]2O1. The van der Waals surface area contributed by atoms with Gasteiger partial charge in [0.1, 0.15) is 6.10 Å². The quantitative estimate of drug-likeness (QED) is 0.565. The summed E-state index contributed by atoms with van der Waals surface area (Å²) in [5.41, 5.74) is 1.12. The standard InChI is InChI=1S/C25H36O5Si/c1-24(2,3)31(6,7)30-22-16(10-8-15-9-11-19-20(12-15)27-14-26-19)17-13-18(17)21-23(22)29-25(4,5)28-21/h8-12,16-18,21-23H,13-14H2,1-7H3/b10-8-/t16-,17-,18-,21+,22+,23+/m1/s1. The zero-order valence-corrected chi connectivity index (χ0v) is 20.8. The summed E-state index contributed by atoms with van der Waals surface area (Å²) >= 11 is 0. The molecule has 3 fully saturated rings. The van der Waals surface area contributed by atoms with Crippen LogP contribution in [-0.4, -0.2) is 39.2 Å². The van der Waals surface area contributed by atoms with Crippen molar-refractivity contribution in [3.8, 4) is 11.5 Å². The summed E-state index contributed by atoms with van der Waals surface area (Å²) in [7, 11) is -1.98. The molecule has 2 aliphatic heterocycles. The van der Waals surface area contributed by atoms with Crippen molar-refractivity contribution in [2.75, 3.05) is 6.79 Å². The van der Waals surface area contributed by atoms with Gasteiger partial charge >= 0.3 is 0 Å². The van der Waals surface area contributed by atoms with E-state index in [0.717, 1.165) is 17.1 Å². The fourth-order valence-electron chi connectivity index (χ4n) is 5.07. The monoisotopic (exact) mass is 444 g/mol. The third-order valence-corrected chi connectivity index (χ3v) is 12.3. The smallest absolute Gasteiger partial charge is 0.231 e. The lowest BCUT2D eigenvalue weighted by molar-refractivity contribution is -0.155. The molecule has 0 radical (unpaired) electrons. The average molecular weight is 445 g/mol. The summed E-state index contributed by atoms with van der Waals surface area (Å²) in [6.07, 6.45) is 5.90. The van der Waals surface area contributed by atoms with Gasteiger partial charge in [-0.1, -0.05) is 39.0 Å². The molecule has 5 rings (SSSR count). The van der Waals surface area contributed by atoms with Gasteiger partial charge in [0.25, 0.3) is 0 Å². The summed E-state index contributed by atoms with van der Waals surface area (Å²) in [5, 5.41) is 0.142. The van der Waals surface area contributed by atoms with Gasteiger partial charge in [0.15, 0.2) is 25.6 Å². The van der Waals surface area contributed by atoms with Crippen molar-refractivity contribution in [1.29, 1.82) is 0 Å². The summed E-state index contributed by atoms with van der Waals surface area (Å²) in [5.74, 6) is 2.57. The molecule has 0 unspecified atom stereocenters. The molecule has 0 bridgehead atoms. The van der Waals surface area contributed by atoms with E-state index < -0.39 is 14.1 Å². The molecule has 0 spiro atoms. The summed E-state index contributed by atoms with van der Waals surface area (Å²) < 4.78 is 30.9. The van der Waals surface area contributed by atoms with E-state index in [1.54, 1.807) is 0 Å². The van der Waals surface area contributed by atoms with Crippen LogP contribution in [0.2, 0.25) is 18.1 Å². The van der Waals surface area contributed by atoms with Gasteiger partial charge in [-0.3, -0.25) is 0 Å². The molecule has 6 heteroatoms. The van der Waals surface area contributed by atoms with Gasteiger partial charge in [0.2, 0.25) is 6.79 Å². The minimum absolute atomic E-state index is 0.0146. The van der Waals surface area contributed by atoms with E-state index in [9.17, 15) is 0 Å². The fraction of sp³-hybridized carbons (Fsp3) is 0.680. The minimum atomic E-state index is -1.98. The molecule has 6 atom stereocenters. The molecule has 2 saturated carbocycles. The van der Waals surface area contributed by atoms with Crippen LogP contribution in [0.1, 0.15) is 46.6 Å². The van der Waals surface area contributed by atoms with Crippen molar-refractivity contribution in [3.63, 3.8) is 0 Å². The van der Waals surface area contributed by atoms with Crippen LogP contribution in [0.4, 0.5) is 0 Å². The van der Waals surface area contributed by atoms with Crippen molar-refractivity contribution >= 4 is 14.4 Å². The Morgan fingerprint density at radius 1 is 1.03 bits per heavy atom. The topological polar surface area (TPSA) is 46.2 Å². The molecular formula is C25H36O5Si. The van der Waals surface area contributed by atoms with E-state index in [4.69, 9.17) is 23.4 Å². The average Bonchev–Trinajstić information content (AvgIpc) is 3.18. The van der Waals surface area contributed by atoms with Crippen molar-refractivity contribution < 1.29 is 23.4 Å². The number of hydrogen-bond acceptors (Lipinski definition) is 5. The molecule has 5 nitrogen and oxygen atoms in total. The van der Waals surface area contributed by atoms with Crippen molar-refractivity contribution in [2.24, 2.45) is 17.8 Å². The van der Waals surface area contributed by atoms with Crippen LogP contribution in [0.15, 0.2) is 24.3 Å². The molecule has 0 amide bonds. The first kappa shape index (κ1) is 21.5. The third-order valence-electron chi connectivity index (χ3n) is 7.82. The van der Waals surface area contributed by atoms with Crippen LogP contribution >= 0.6 is 0 Å². The lowest BCUT2D eigenvalue weighted by Crippen LogP contribution is -2.54. The van der Waals surface area contributed by atoms with E-state index >= 15 is 0 Å². The predicted octanol–water partition coefficient (Wildman–Crippen LogP) is 5.60. The molecule has 1 saturated heterocycles. The summed E-state index contributed by atoms with van der Waals surface area (Å²) in [6, 6.07) is 6.12. The maximum atomic E-state index is 7.06. The van der Waals surface area contributed by atoms with Crippen LogP contribution < -0.4 is 9.47 Å². The number of fused-ring (bicyclic) bond motifs is 4. The highest BCUT2D eigenvalue weighted by Crippen LogP contribution is 2.59. The van der Waals surface area contributed by atoms with Crippen molar-refractivity contribution in [2.45, 2.75) is 83.3 Å². The fourth-order valence-corrected chi connectivity index (χ4v) is 6.40. The van der Waals surface area contributed by atoms with Crippen molar-refractivity contribution in [3.05, 3.63) is 29.8 Å². The number of rotatable bonds is 4. The van der Waals surface area contributed by atoms with Crippen LogP contribution in [0, 0.1) is 17.8 Å². The van der Waals surface area contributed by atoms with Crippen LogP contribution in [0.25, 0.3) is 6.08 Å². The van der Waals surface area contributed by atoms with Gasteiger partial charge in [-0.25, -0.2) is 0 Å². The molecule has 31 heavy (non-hydrogen) atoms. The Labute approximate surface area is 187 Å². The molecule has 1 aromatic carbocycles. The first-order valence-corrected chi connectivity index (χ1v) is 14.5. The van der Waals surface area contributed by atoms with E-state index in [2.05, 4.69) is 58.2 Å². The molecule has 2 aliphatic carbocycles. The molecule has 170 valence electrons. The maximum Gasteiger partial charge on any atom is 0.231 e. The Balaban J connectivity index is 1.44.